The Morgan fingerprint density at radius 2 is 2.03 bits per heavy atom. The molecule has 0 aliphatic carbocycles. The van der Waals surface area contributed by atoms with Gasteiger partial charge in [0.05, 0.1) is 11.8 Å². The number of nitrogens with zero attached hydrogens (tertiary/aromatic N) is 2. The van der Waals surface area contributed by atoms with Crippen LogP contribution in [0.3, 0.4) is 0 Å². The summed E-state index contributed by atoms with van der Waals surface area (Å²) in [6.07, 6.45) is 0.564. The molecule has 1 aliphatic rings. The maximum atomic E-state index is 12.7. The number of likely N-dealkylation sites (tertiary alicyclic amines) is 1. The summed E-state index contributed by atoms with van der Waals surface area (Å²) in [7, 11) is 0. The summed E-state index contributed by atoms with van der Waals surface area (Å²) in [5.74, 6) is 1.04. The van der Waals surface area contributed by atoms with Crippen LogP contribution >= 0.6 is 0 Å². The molecule has 1 aromatic heterocycles. The fourth-order valence-corrected chi connectivity index (χ4v) is 3.76. The molecule has 2 aromatic rings. The van der Waals surface area contributed by atoms with Crippen LogP contribution in [-0.4, -0.2) is 58.8 Å². The number of aromatic nitrogens is 1. The number of β-amino-alcohol motifs (C(OH)–C–C–N with tert-alkyl or cyclic N) is 1. The Balaban J connectivity index is 1.50. The van der Waals surface area contributed by atoms with Gasteiger partial charge in [-0.15, -0.1) is 0 Å². The predicted octanol–water partition coefficient (Wildman–Crippen LogP) is 1.69. The topological polar surface area (TPSA) is 105 Å². The molecule has 8 nitrogen and oxygen atoms in total. The van der Waals surface area contributed by atoms with E-state index in [2.05, 4.69) is 10.5 Å². The number of aliphatic hydroxyl groups is 1. The van der Waals surface area contributed by atoms with Crippen LogP contribution in [0.2, 0.25) is 0 Å². The van der Waals surface area contributed by atoms with Gasteiger partial charge in [-0.05, 0) is 45.2 Å². The van der Waals surface area contributed by atoms with Crippen molar-refractivity contribution in [1.29, 1.82) is 0 Å². The van der Waals surface area contributed by atoms with E-state index in [-0.39, 0.29) is 31.0 Å². The van der Waals surface area contributed by atoms with Crippen LogP contribution in [0.1, 0.15) is 35.4 Å². The number of benzene rings is 1. The first kappa shape index (κ1) is 21.8. The van der Waals surface area contributed by atoms with Gasteiger partial charge < -0.3 is 24.6 Å². The van der Waals surface area contributed by atoms with E-state index in [1.807, 2.05) is 45.0 Å². The Kier molecular flexibility index (Phi) is 7.10. The van der Waals surface area contributed by atoms with E-state index in [9.17, 15) is 14.7 Å². The molecule has 8 heteroatoms. The van der Waals surface area contributed by atoms with E-state index in [0.717, 1.165) is 22.6 Å². The second-order valence-corrected chi connectivity index (χ2v) is 7.81. The van der Waals surface area contributed by atoms with Crippen LogP contribution in [0.5, 0.6) is 5.75 Å². The van der Waals surface area contributed by atoms with Gasteiger partial charge in [0, 0.05) is 31.1 Å². The van der Waals surface area contributed by atoms with E-state index in [4.69, 9.17) is 9.26 Å². The molecule has 162 valence electrons. The van der Waals surface area contributed by atoms with Gasteiger partial charge in [0.2, 0.25) is 5.91 Å². The van der Waals surface area contributed by atoms with Crippen molar-refractivity contribution in [3.63, 3.8) is 0 Å². The van der Waals surface area contributed by atoms with Crippen molar-refractivity contribution in [2.75, 3.05) is 19.7 Å². The highest BCUT2D eigenvalue weighted by molar-refractivity contribution is 5.79. The van der Waals surface area contributed by atoms with Crippen LogP contribution in [-0.2, 0) is 16.0 Å². The van der Waals surface area contributed by atoms with Crippen LogP contribution in [0.15, 0.2) is 28.8 Å². The summed E-state index contributed by atoms with van der Waals surface area (Å²) in [5.41, 5.74) is 2.69. The molecule has 1 aromatic carbocycles. The number of piperidine rings is 1. The highest BCUT2D eigenvalue weighted by Gasteiger charge is 2.30. The quantitative estimate of drug-likeness (QED) is 0.713. The predicted molar refractivity (Wildman–Crippen MR) is 110 cm³/mol. The van der Waals surface area contributed by atoms with Gasteiger partial charge >= 0.3 is 0 Å². The minimum atomic E-state index is -0.677. The number of hydrogen-bond acceptors (Lipinski definition) is 6. The van der Waals surface area contributed by atoms with Crippen molar-refractivity contribution in [1.82, 2.24) is 15.4 Å². The van der Waals surface area contributed by atoms with E-state index in [1.54, 1.807) is 4.90 Å². The number of rotatable bonds is 7. The molecule has 2 heterocycles. The standard InChI is InChI=1S/C22H29N3O5/c1-14-6-4-5-7-20(14)29-13-21(27)23-17-10-18(26)12-25(11-17)22(28)9-8-19-15(2)24-30-16(19)3/h4-7,17-18,26H,8-13H2,1-3H3,(H,23,27)/t17-,18+/m0/s1. The first-order valence-electron chi connectivity index (χ1n) is 10.2. The molecule has 0 spiro atoms. The van der Waals surface area contributed by atoms with Gasteiger partial charge in [-0.1, -0.05) is 23.4 Å². The minimum Gasteiger partial charge on any atom is -0.484 e. The fourth-order valence-electron chi connectivity index (χ4n) is 3.76. The lowest BCUT2D eigenvalue weighted by molar-refractivity contribution is -0.136. The number of nitrogens with one attached hydrogen (secondary N) is 1. The number of para-hydroxylation sites is 1. The Hall–Kier alpha value is -2.87. The Bertz CT molecular complexity index is 875. The third-order valence-corrected chi connectivity index (χ3v) is 5.37. The molecule has 2 N–H and O–H groups in total. The Morgan fingerprint density at radius 3 is 2.73 bits per heavy atom. The zero-order valence-corrected chi connectivity index (χ0v) is 17.7. The summed E-state index contributed by atoms with van der Waals surface area (Å²) in [6.45, 7) is 6.12. The molecular formula is C22H29N3O5. The molecule has 0 unspecified atom stereocenters. The number of carbonyl (C=O) groups is 2. The minimum absolute atomic E-state index is 0.0656. The first-order chi connectivity index (χ1) is 14.3. The fraction of sp³-hybridized carbons (Fsp3) is 0.500. The molecule has 30 heavy (non-hydrogen) atoms. The third kappa shape index (κ3) is 5.60. The summed E-state index contributed by atoms with van der Waals surface area (Å²) in [4.78, 5) is 26.6. The van der Waals surface area contributed by atoms with Crippen molar-refractivity contribution < 1.29 is 24.0 Å². The van der Waals surface area contributed by atoms with Crippen molar-refractivity contribution in [3.8, 4) is 5.75 Å². The van der Waals surface area contributed by atoms with Crippen molar-refractivity contribution in [2.24, 2.45) is 0 Å². The SMILES string of the molecule is Cc1ccccc1OCC(=O)N[C@H]1C[C@@H](O)CN(C(=O)CCc2c(C)noc2C)C1. The van der Waals surface area contributed by atoms with Crippen LogP contribution in [0.4, 0.5) is 0 Å². The molecule has 0 radical (unpaired) electrons. The first-order valence-corrected chi connectivity index (χ1v) is 10.2. The highest BCUT2D eigenvalue weighted by atomic mass is 16.5. The number of amides is 2. The van der Waals surface area contributed by atoms with Gasteiger partial charge in [0.1, 0.15) is 11.5 Å². The normalized spacial score (nSPS) is 18.9. The van der Waals surface area contributed by atoms with E-state index in [1.165, 1.54) is 0 Å². The number of aryl methyl sites for hydroxylation is 3. The van der Waals surface area contributed by atoms with Crippen LogP contribution < -0.4 is 10.1 Å². The number of hydrogen-bond donors (Lipinski definition) is 2. The molecule has 1 fully saturated rings. The zero-order valence-electron chi connectivity index (χ0n) is 17.7. The molecule has 2 amide bonds. The number of ether oxygens (including phenoxy) is 1. The summed E-state index contributed by atoms with van der Waals surface area (Å²) in [6, 6.07) is 7.17. The lowest BCUT2D eigenvalue weighted by Gasteiger charge is -2.36. The average molecular weight is 415 g/mol. The molecule has 0 bridgehead atoms. The monoisotopic (exact) mass is 415 g/mol. The number of aliphatic hydroxyl groups excluding tert-OH is 1. The van der Waals surface area contributed by atoms with E-state index >= 15 is 0 Å². The van der Waals surface area contributed by atoms with Crippen LogP contribution in [0.25, 0.3) is 0 Å². The van der Waals surface area contributed by atoms with Gasteiger partial charge in [-0.2, -0.15) is 0 Å². The summed E-state index contributed by atoms with van der Waals surface area (Å²) in [5, 5.41) is 17.0. The third-order valence-electron chi connectivity index (χ3n) is 5.37. The maximum Gasteiger partial charge on any atom is 0.258 e. The molecule has 0 saturated carbocycles. The summed E-state index contributed by atoms with van der Waals surface area (Å²) >= 11 is 0. The molecule has 1 aliphatic heterocycles. The van der Waals surface area contributed by atoms with Crippen LogP contribution in [0, 0.1) is 20.8 Å². The lowest BCUT2D eigenvalue weighted by atomic mass is 10.0. The van der Waals surface area contributed by atoms with E-state index in [0.29, 0.717) is 31.6 Å². The smallest absolute Gasteiger partial charge is 0.258 e. The molecule has 3 rings (SSSR count). The van der Waals surface area contributed by atoms with Gasteiger partial charge in [0.25, 0.3) is 5.91 Å². The maximum absolute atomic E-state index is 12.7. The van der Waals surface area contributed by atoms with Gasteiger partial charge in [-0.3, -0.25) is 9.59 Å². The molecule has 2 atom stereocenters. The molecular weight excluding hydrogens is 386 g/mol. The largest absolute Gasteiger partial charge is 0.484 e. The Labute approximate surface area is 176 Å². The van der Waals surface area contributed by atoms with Crippen molar-refractivity contribution in [2.45, 2.75) is 52.2 Å². The lowest BCUT2D eigenvalue weighted by Crippen LogP contribution is -2.54. The second-order valence-electron chi connectivity index (χ2n) is 7.81. The van der Waals surface area contributed by atoms with Crippen molar-refractivity contribution >= 4 is 11.8 Å². The van der Waals surface area contributed by atoms with Crippen molar-refractivity contribution in [3.05, 3.63) is 46.8 Å². The second kappa shape index (κ2) is 9.75. The summed E-state index contributed by atoms with van der Waals surface area (Å²) < 4.78 is 10.7. The molecule has 1 saturated heterocycles. The van der Waals surface area contributed by atoms with Gasteiger partial charge in [0.15, 0.2) is 6.61 Å². The average Bonchev–Trinajstić information content (AvgIpc) is 3.02. The number of carbonyl (C=O) groups excluding carboxylic acids is 2. The van der Waals surface area contributed by atoms with E-state index < -0.39 is 6.10 Å². The Morgan fingerprint density at radius 1 is 1.27 bits per heavy atom. The zero-order chi connectivity index (χ0) is 21.7. The highest BCUT2D eigenvalue weighted by Crippen LogP contribution is 2.18. The van der Waals surface area contributed by atoms with Gasteiger partial charge in [-0.25, -0.2) is 0 Å².